The number of hydrogen-bond donors (Lipinski definition) is 4. The van der Waals surface area contributed by atoms with Crippen LogP contribution in [0.15, 0.2) is 28.2 Å². The van der Waals surface area contributed by atoms with Crippen LogP contribution in [0, 0.1) is 0 Å². The van der Waals surface area contributed by atoms with E-state index >= 15 is 0 Å². The Kier molecular flexibility index (Phi) is 4.26. The second kappa shape index (κ2) is 6.36. The molecule has 0 bridgehead atoms. The minimum absolute atomic E-state index is 0.0618. The first-order valence-electron chi connectivity index (χ1n) is 7.16. The summed E-state index contributed by atoms with van der Waals surface area (Å²) in [6.45, 7) is 0.608. The van der Waals surface area contributed by atoms with Crippen LogP contribution in [0.2, 0.25) is 0 Å². The molecule has 3 rings (SSSR count). The fourth-order valence-corrected chi connectivity index (χ4v) is 2.87. The molecule has 0 spiro atoms. The van der Waals surface area contributed by atoms with E-state index in [2.05, 4.69) is 20.6 Å². The van der Waals surface area contributed by atoms with Crippen molar-refractivity contribution >= 4 is 35.1 Å². The molecular weight excluding hydrogens is 330 g/mol. The van der Waals surface area contributed by atoms with Crippen LogP contribution in [0.5, 0.6) is 0 Å². The Balaban J connectivity index is 2.04. The predicted octanol–water partition coefficient (Wildman–Crippen LogP) is 0.620. The van der Waals surface area contributed by atoms with Crippen LogP contribution in [0.4, 0.5) is 11.5 Å². The van der Waals surface area contributed by atoms with Crippen molar-refractivity contribution in [1.82, 2.24) is 15.3 Å². The van der Waals surface area contributed by atoms with Crippen LogP contribution >= 0.6 is 11.8 Å². The molecule has 1 aliphatic heterocycles. The standard InChI is InChI=1S/C15H15N5O3S/c1-24-15-19-12(10(11(16)21)14(23)20-15)18-8-3-2-7-4-5-17-13(22)9(7)6-8/h2-3,6H,4-5H2,1H3,(H2,16,21)(H,17,22)(H2,18,19,20,23). The number of nitrogens with two attached hydrogens (primary N) is 1. The van der Waals surface area contributed by atoms with Gasteiger partial charge in [0.2, 0.25) is 0 Å². The number of rotatable bonds is 4. The molecule has 0 aliphatic carbocycles. The fraction of sp³-hybridized carbons (Fsp3) is 0.200. The summed E-state index contributed by atoms with van der Waals surface area (Å²) in [5, 5.41) is 6.04. The molecule has 5 N–H and O–H groups in total. The van der Waals surface area contributed by atoms with Crippen molar-refractivity contribution in [3.05, 3.63) is 45.2 Å². The Morgan fingerprint density at radius 2 is 2.17 bits per heavy atom. The van der Waals surface area contributed by atoms with Gasteiger partial charge in [-0.05, 0) is 30.4 Å². The first-order valence-corrected chi connectivity index (χ1v) is 8.38. The van der Waals surface area contributed by atoms with Crippen molar-refractivity contribution in [2.24, 2.45) is 5.73 Å². The van der Waals surface area contributed by atoms with E-state index in [9.17, 15) is 14.4 Å². The zero-order valence-corrected chi connectivity index (χ0v) is 13.6. The van der Waals surface area contributed by atoms with E-state index in [1.165, 1.54) is 11.8 Å². The minimum atomic E-state index is -0.880. The Labute approximate surface area is 141 Å². The van der Waals surface area contributed by atoms with Crippen LogP contribution in [-0.2, 0) is 6.42 Å². The molecule has 9 heteroatoms. The van der Waals surface area contributed by atoms with Crippen LogP contribution in [0.25, 0.3) is 0 Å². The van der Waals surface area contributed by atoms with Gasteiger partial charge < -0.3 is 21.4 Å². The number of fused-ring (bicyclic) bond motifs is 1. The average molecular weight is 345 g/mol. The molecular formula is C15H15N5O3S. The van der Waals surface area contributed by atoms with Crippen molar-refractivity contribution in [2.75, 3.05) is 18.1 Å². The second-order valence-corrected chi connectivity index (χ2v) is 5.96. The van der Waals surface area contributed by atoms with E-state index in [4.69, 9.17) is 5.73 Å². The molecule has 0 unspecified atom stereocenters. The summed E-state index contributed by atoms with van der Waals surface area (Å²) in [7, 11) is 0. The van der Waals surface area contributed by atoms with Crippen molar-refractivity contribution in [1.29, 1.82) is 0 Å². The van der Waals surface area contributed by atoms with Gasteiger partial charge in [-0.1, -0.05) is 17.8 Å². The number of aromatic amines is 1. The number of nitrogens with zero attached hydrogens (tertiary/aromatic N) is 1. The number of nitrogens with one attached hydrogen (secondary N) is 3. The normalized spacial score (nSPS) is 13.1. The number of carbonyl (C=O) groups is 2. The summed E-state index contributed by atoms with van der Waals surface area (Å²) in [5.41, 5.74) is 6.46. The quantitative estimate of drug-likeness (QED) is 0.475. The molecule has 124 valence electrons. The van der Waals surface area contributed by atoms with Crippen LogP contribution in [-0.4, -0.2) is 34.6 Å². The van der Waals surface area contributed by atoms with Gasteiger partial charge in [-0.3, -0.25) is 14.4 Å². The molecule has 2 aromatic rings. The topological polar surface area (TPSA) is 130 Å². The van der Waals surface area contributed by atoms with Gasteiger partial charge in [0.1, 0.15) is 5.56 Å². The first kappa shape index (κ1) is 16.1. The molecule has 1 aliphatic rings. The van der Waals surface area contributed by atoms with Crippen LogP contribution < -0.4 is 21.9 Å². The lowest BCUT2D eigenvalue weighted by atomic mass is 10.00. The molecule has 24 heavy (non-hydrogen) atoms. The first-order chi connectivity index (χ1) is 11.5. The predicted molar refractivity (Wildman–Crippen MR) is 90.9 cm³/mol. The lowest BCUT2D eigenvalue weighted by Crippen LogP contribution is -2.31. The molecule has 1 aromatic heterocycles. The third-order valence-corrected chi connectivity index (χ3v) is 4.21. The fourth-order valence-electron chi connectivity index (χ4n) is 2.49. The average Bonchev–Trinajstić information content (AvgIpc) is 2.54. The van der Waals surface area contributed by atoms with E-state index < -0.39 is 11.5 Å². The lowest BCUT2D eigenvalue weighted by molar-refractivity contribution is 0.0944. The summed E-state index contributed by atoms with van der Waals surface area (Å²) in [4.78, 5) is 42.2. The highest BCUT2D eigenvalue weighted by Crippen LogP contribution is 2.23. The molecule has 2 heterocycles. The number of amides is 2. The van der Waals surface area contributed by atoms with E-state index in [0.29, 0.717) is 23.0 Å². The van der Waals surface area contributed by atoms with Crippen molar-refractivity contribution in [3.8, 4) is 0 Å². The largest absolute Gasteiger partial charge is 0.365 e. The van der Waals surface area contributed by atoms with Gasteiger partial charge in [-0.25, -0.2) is 4.98 Å². The minimum Gasteiger partial charge on any atom is -0.365 e. The smallest absolute Gasteiger partial charge is 0.266 e. The summed E-state index contributed by atoms with van der Waals surface area (Å²) in [6.07, 6.45) is 2.50. The monoisotopic (exact) mass is 345 g/mol. The lowest BCUT2D eigenvalue weighted by Gasteiger charge is -2.18. The number of hydrogen-bond acceptors (Lipinski definition) is 6. The third-order valence-electron chi connectivity index (χ3n) is 3.63. The third kappa shape index (κ3) is 2.98. The zero-order chi connectivity index (χ0) is 17.3. The number of aromatic nitrogens is 2. The highest BCUT2D eigenvalue weighted by Gasteiger charge is 2.19. The van der Waals surface area contributed by atoms with Gasteiger partial charge in [-0.15, -0.1) is 0 Å². The summed E-state index contributed by atoms with van der Waals surface area (Å²) >= 11 is 1.23. The molecule has 1 aromatic carbocycles. The van der Waals surface area contributed by atoms with Crippen molar-refractivity contribution in [2.45, 2.75) is 11.6 Å². The SMILES string of the molecule is CSc1nc(Nc2ccc3c(c2)C(=O)NCC3)c(C(N)=O)c(=O)[nH]1. The summed E-state index contributed by atoms with van der Waals surface area (Å²) in [5.74, 6) is -0.972. The molecule has 0 radical (unpaired) electrons. The second-order valence-electron chi connectivity index (χ2n) is 5.17. The Morgan fingerprint density at radius 3 is 2.88 bits per heavy atom. The molecule has 0 fully saturated rings. The van der Waals surface area contributed by atoms with Gasteiger partial charge in [0.05, 0.1) is 0 Å². The van der Waals surface area contributed by atoms with Crippen LogP contribution in [0.1, 0.15) is 26.3 Å². The molecule has 0 saturated heterocycles. The maximum Gasteiger partial charge on any atom is 0.266 e. The van der Waals surface area contributed by atoms with E-state index in [0.717, 1.165) is 12.0 Å². The highest BCUT2D eigenvalue weighted by atomic mass is 32.2. The van der Waals surface area contributed by atoms with Gasteiger partial charge in [0.25, 0.3) is 17.4 Å². The molecule has 0 atom stereocenters. The number of thioether (sulfide) groups is 1. The number of primary amides is 1. The zero-order valence-electron chi connectivity index (χ0n) is 12.8. The van der Waals surface area contributed by atoms with Gasteiger partial charge in [0, 0.05) is 17.8 Å². The highest BCUT2D eigenvalue weighted by molar-refractivity contribution is 7.98. The van der Waals surface area contributed by atoms with Crippen molar-refractivity contribution < 1.29 is 9.59 Å². The Hall–Kier alpha value is -2.81. The van der Waals surface area contributed by atoms with E-state index in [1.54, 1.807) is 18.4 Å². The summed E-state index contributed by atoms with van der Waals surface area (Å²) in [6, 6.07) is 5.27. The Morgan fingerprint density at radius 1 is 1.38 bits per heavy atom. The number of benzene rings is 1. The number of H-pyrrole nitrogens is 1. The number of anilines is 2. The van der Waals surface area contributed by atoms with E-state index in [-0.39, 0.29) is 17.3 Å². The van der Waals surface area contributed by atoms with Gasteiger partial charge >= 0.3 is 0 Å². The Bertz CT molecular complexity index is 893. The van der Waals surface area contributed by atoms with E-state index in [1.807, 2.05) is 6.07 Å². The van der Waals surface area contributed by atoms with Crippen molar-refractivity contribution in [3.63, 3.8) is 0 Å². The number of carbonyl (C=O) groups excluding carboxylic acids is 2. The van der Waals surface area contributed by atoms with Gasteiger partial charge in [0.15, 0.2) is 11.0 Å². The molecule has 0 saturated carbocycles. The van der Waals surface area contributed by atoms with Crippen LogP contribution in [0.3, 0.4) is 0 Å². The maximum absolute atomic E-state index is 12.0. The molecule has 8 nitrogen and oxygen atoms in total. The summed E-state index contributed by atoms with van der Waals surface area (Å²) < 4.78 is 0. The molecule has 2 amide bonds. The van der Waals surface area contributed by atoms with Gasteiger partial charge in [-0.2, -0.15) is 0 Å². The maximum atomic E-state index is 12.0.